The Morgan fingerprint density at radius 1 is 1.18 bits per heavy atom. The van der Waals surface area contributed by atoms with Crippen molar-refractivity contribution in [2.45, 2.75) is 6.42 Å². The van der Waals surface area contributed by atoms with Gasteiger partial charge in [-0.1, -0.05) is 15.9 Å². The van der Waals surface area contributed by atoms with Gasteiger partial charge in [-0.2, -0.15) is 0 Å². The summed E-state index contributed by atoms with van der Waals surface area (Å²) in [6.45, 7) is 2.51. The molecule has 1 aromatic rings. The van der Waals surface area contributed by atoms with Crippen molar-refractivity contribution in [3.05, 3.63) is 22.7 Å². The van der Waals surface area contributed by atoms with Crippen molar-refractivity contribution in [3.63, 3.8) is 0 Å². The Bertz CT molecular complexity index is 334. The number of nitrogens with two attached hydrogens (primary N) is 1. The number of rotatable bonds is 8. The van der Waals surface area contributed by atoms with Crippen molar-refractivity contribution < 1.29 is 14.2 Å². The van der Waals surface area contributed by atoms with Gasteiger partial charge in [0.05, 0.1) is 25.5 Å². The molecule has 0 amide bonds. The van der Waals surface area contributed by atoms with Gasteiger partial charge < -0.3 is 19.9 Å². The quantitative estimate of drug-likeness (QED) is 0.592. The van der Waals surface area contributed by atoms with E-state index < -0.39 is 0 Å². The standard InChI is InChI=1S/C12H18BrNO3/c1-15-7-8-16-5-2-6-17-12-4-3-10(13)9-11(12)14/h3-4,9H,2,5-8,14H2,1H3. The fourth-order valence-corrected chi connectivity index (χ4v) is 1.62. The van der Waals surface area contributed by atoms with Crippen LogP contribution in [-0.2, 0) is 9.47 Å². The van der Waals surface area contributed by atoms with Crippen molar-refractivity contribution in [2.24, 2.45) is 0 Å². The number of benzene rings is 1. The highest BCUT2D eigenvalue weighted by Gasteiger charge is 2.00. The third-order valence-corrected chi connectivity index (χ3v) is 2.59. The average Bonchev–Trinajstić information content (AvgIpc) is 2.30. The molecule has 0 aliphatic carbocycles. The van der Waals surface area contributed by atoms with Gasteiger partial charge in [0.25, 0.3) is 0 Å². The van der Waals surface area contributed by atoms with Crippen LogP contribution in [0, 0.1) is 0 Å². The highest BCUT2D eigenvalue weighted by Crippen LogP contribution is 2.25. The molecule has 1 rings (SSSR count). The lowest BCUT2D eigenvalue weighted by Crippen LogP contribution is -2.07. The molecule has 0 aliphatic heterocycles. The Morgan fingerprint density at radius 2 is 2.00 bits per heavy atom. The summed E-state index contributed by atoms with van der Waals surface area (Å²) in [5.41, 5.74) is 6.44. The minimum absolute atomic E-state index is 0.596. The van der Waals surface area contributed by atoms with E-state index in [0.717, 1.165) is 10.9 Å². The first kappa shape index (κ1) is 14.3. The molecule has 5 heteroatoms. The molecule has 0 saturated carbocycles. The van der Waals surface area contributed by atoms with E-state index in [4.69, 9.17) is 19.9 Å². The molecule has 0 aromatic heterocycles. The Kier molecular flexibility index (Phi) is 7.00. The van der Waals surface area contributed by atoms with Crippen molar-refractivity contribution in [3.8, 4) is 5.75 Å². The maximum atomic E-state index is 5.80. The predicted molar refractivity (Wildman–Crippen MR) is 71.4 cm³/mol. The highest BCUT2D eigenvalue weighted by atomic mass is 79.9. The fourth-order valence-electron chi connectivity index (χ4n) is 1.24. The van der Waals surface area contributed by atoms with Crippen LogP contribution in [0.4, 0.5) is 5.69 Å². The molecule has 96 valence electrons. The number of methoxy groups -OCH3 is 1. The molecule has 0 atom stereocenters. The number of hydrogen-bond acceptors (Lipinski definition) is 4. The summed E-state index contributed by atoms with van der Waals surface area (Å²) in [6.07, 6.45) is 0.833. The van der Waals surface area contributed by atoms with Crippen LogP contribution < -0.4 is 10.5 Å². The summed E-state index contributed by atoms with van der Waals surface area (Å²) in [4.78, 5) is 0. The maximum Gasteiger partial charge on any atom is 0.142 e. The molecule has 0 aliphatic rings. The largest absolute Gasteiger partial charge is 0.491 e. The third-order valence-electron chi connectivity index (χ3n) is 2.09. The van der Waals surface area contributed by atoms with Gasteiger partial charge in [-0.15, -0.1) is 0 Å². The first-order valence-electron chi connectivity index (χ1n) is 5.48. The molecule has 2 N–H and O–H groups in total. The zero-order chi connectivity index (χ0) is 12.5. The van der Waals surface area contributed by atoms with Crippen LogP contribution in [0.5, 0.6) is 5.75 Å². The number of nitrogen functional groups attached to an aromatic ring is 1. The Morgan fingerprint density at radius 3 is 2.71 bits per heavy atom. The van der Waals surface area contributed by atoms with Gasteiger partial charge in [0, 0.05) is 24.6 Å². The zero-order valence-electron chi connectivity index (χ0n) is 9.95. The lowest BCUT2D eigenvalue weighted by molar-refractivity contribution is 0.0645. The SMILES string of the molecule is COCCOCCCOc1ccc(Br)cc1N. The molecule has 17 heavy (non-hydrogen) atoms. The van der Waals surface area contributed by atoms with Crippen LogP contribution in [-0.4, -0.2) is 33.5 Å². The lowest BCUT2D eigenvalue weighted by Gasteiger charge is -2.09. The number of ether oxygens (including phenoxy) is 3. The van der Waals surface area contributed by atoms with Gasteiger partial charge in [0.1, 0.15) is 5.75 Å². The Balaban J connectivity index is 2.14. The van der Waals surface area contributed by atoms with Crippen LogP contribution in [0.1, 0.15) is 6.42 Å². The van der Waals surface area contributed by atoms with Crippen molar-refractivity contribution >= 4 is 21.6 Å². The van der Waals surface area contributed by atoms with E-state index in [-0.39, 0.29) is 0 Å². The third kappa shape index (κ3) is 5.91. The zero-order valence-corrected chi connectivity index (χ0v) is 11.5. The molecule has 0 unspecified atom stereocenters. The minimum atomic E-state index is 0.596. The Hall–Kier alpha value is -0.780. The predicted octanol–water partition coefficient (Wildman–Crippen LogP) is 2.46. The van der Waals surface area contributed by atoms with E-state index in [2.05, 4.69) is 15.9 Å². The monoisotopic (exact) mass is 303 g/mol. The maximum absolute atomic E-state index is 5.80. The van der Waals surface area contributed by atoms with E-state index in [1.807, 2.05) is 18.2 Å². The second-order valence-corrected chi connectivity index (χ2v) is 4.41. The van der Waals surface area contributed by atoms with E-state index >= 15 is 0 Å². The van der Waals surface area contributed by atoms with E-state index in [1.165, 1.54) is 0 Å². The molecule has 0 saturated heterocycles. The number of halogens is 1. The lowest BCUT2D eigenvalue weighted by atomic mass is 10.3. The van der Waals surface area contributed by atoms with Crippen LogP contribution in [0.25, 0.3) is 0 Å². The smallest absolute Gasteiger partial charge is 0.142 e. The number of anilines is 1. The molecule has 0 fully saturated rings. The van der Waals surface area contributed by atoms with Crippen LogP contribution in [0.2, 0.25) is 0 Å². The van der Waals surface area contributed by atoms with Gasteiger partial charge in [-0.25, -0.2) is 0 Å². The Labute approximate surface area is 110 Å². The molecule has 0 radical (unpaired) electrons. The van der Waals surface area contributed by atoms with Gasteiger partial charge in [-0.05, 0) is 18.2 Å². The summed E-state index contributed by atoms with van der Waals surface area (Å²) in [5, 5.41) is 0. The topological polar surface area (TPSA) is 53.7 Å². The van der Waals surface area contributed by atoms with Crippen LogP contribution in [0.15, 0.2) is 22.7 Å². The molecule has 0 bridgehead atoms. The summed E-state index contributed by atoms with van der Waals surface area (Å²) < 4.78 is 16.7. The molecular weight excluding hydrogens is 286 g/mol. The van der Waals surface area contributed by atoms with Gasteiger partial charge in [0.15, 0.2) is 0 Å². The minimum Gasteiger partial charge on any atom is -0.491 e. The molecule has 4 nitrogen and oxygen atoms in total. The summed E-state index contributed by atoms with van der Waals surface area (Å²) in [6, 6.07) is 5.58. The first-order chi connectivity index (χ1) is 8.24. The van der Waals surface area contributed by atoms with Crippen molar-refractivity contribution in [1.29, 1.82) is 0 Å². The normalized spacial score (nSPS) is 10.5. The first-order valence-corrected chi connectivity index (χ1v) is 6.28. The van der Waals surface area contributed by atoms with E-state index in [1.54, 1.807) is 7.11 Å². The average molecular weight is 304 g/mol. The molecule has 0 spiro atoms. The van der Waals surface area contributed by atoms with E-state index in [0.29, 0.717) is 37.9 Å². The van der Waals surface area contributed by atoms with Crippen molar-refractivity contribution in [2.75, 3.05) is 39.3 Å². The van der Waals surface area contributed by atoms with Crippen LogP contribution >= 0.6 is 15.9 Å². The summed E-state index contributed by atoms with van der Waals surface area (Å²) in [7, 11) is 1.66. The summed E-state index contributed by atoms with van der Waals surface area (Å²) in [5.74, 6) is 0.713. The molecule has 1 aromatic carbocycles. The van der Waals surface area contributed by atoms with Gasteiger partial charge in [-0.3, -0.25) is 0 Å². The van der Waals surface area contributed by atoms with Gasteiger partial charge >= 0.3 is 0 Å². The van der Waals surface area contributed by atoms with Crippen molar-refractivity contribution in [1.82, 2.24) is 0 Å². The highest BCUT2D eigenvalue weighted by molar-refractivity contribution is 9.10. The molecular formula is C12H18BrNO3. The second-order valence-electron chi connectivity index (χ2n) is 3.49. The van der Waals surface area contributed by atoms with Crippen LogP contribution in [0.3, 0.4) is 0 Å². The molecule has 0 heterocycles. The summed E-state index contributed by atoms with van der Waals surface area (Å²) >= 11 is 3.35. The number of hydrogen-bond donors (Lipinski definition) is 1. The fraction of sp³-hybridized carbons (Fsp3) is 0.500. The second kappa shape index (κ2) is 8.33. The van der Waals surface area contributed by atoms with Gasteiger partial charge in [0.2, 0.25) is 0 Å². The van der Waals surface area contributed by atoms with E-state index in [9.17, 15) is 0 Å².